The molecule has 7 heteroatoms. The minimum absolute atomic E-state index is 0.105. The Labute approximate surface area is 164 Å². The topological polar surface area (TPSA) is 88.1 Å². The van der Waals surface area contributed by atoms with Crippen molar-refractivity contribution < 1.29 is 33.3 Å². The lowest BCUT2D eigenvalue weighted by Gasteiger charge is -2.11. The smallest absolute Gasteiger partial charge is 0.341 e. The van der Waals surface area contributed by atoms with Gasteiger partial charge in [0.25, 0.3) is 0 Å². The van der Waals surface area contributed by atoms with Crippen molar-refractivity contribution in [1.82, 2.24) is 0 Å². The van der Waals surface area contributed by atoms with E-state index in [4.69, 9.17) is 18.9 Å². The van der Waals surface area contributed by atoms with E-state index in [9.17, 15) is 14.4 Å². The molecule has 0 aromatic heterocycles. The lowest BCUT2D eigenvalue weighted by molar-refractivity contribution is -0.140. The van der Waals surface area contributed by atoms with Crippen LogP contribution in [0.25, 0.3) is 0 Å². The molecule has 0 heterocycles. The maximum absolute atomic E-state index is 12.2. The van der Waals surface area contributed by atoms with E-state index >= 15 is 0 Å². The summed E-state index contributed by atoms with van der Waals surface area (Å²) < 4.78 is 20.7. The van der Waals surface area contributed by atoms with Gasteiger partial charge < -0.3 is 18.9 Å². The summed E-state index contributed by atoms with van der Waals surface area (Å²) in [7, 11) is 0. The third-order valence-corrected chi connectivity index (χ3v) is 3.34. The fraction of sp³-hybridized carbons (Fsp3) is 0.381. The quantitative estimate of drug-likeness (QED) is 0.234. The van der Waals surface area contributed by atoms with E-state index in [-0.39, 0.29) is 26.4 Å². The summed E-state index contributed by atoms with van der Waals surface area (Å²) in [6.07, 6.45) is 0.846. The van der Waals surface area contributed by atoms with Crippen molar-refractivity contribution in [2.75, 3.05) is 26.4 Å². The Kier molecular flexibility index (Phi) is 10.1. The van der Waals surface area contributed by atoms with Gasteiger partial charge in [0.1, 0.15) is 11.3 Å². The molecule has 0 aliphatic heterocycles. The lowest BCUT2D eigenvalue weighted by Crippen LogP contribution is -2.13. The van der Waals surface area contributed by atoms with E-state index in [2.05, 4.69) is 13.2 Å². The van der Waals surface area contributed by atoms with Crippen molar-refractivity contribution in [3.8, 4) is 5.75 Å². The van der Waals surface area contributed by atoms with Crippen LogP contribution in [0.5, 0.6) is 5.75 Å². The molecule has 28 heavy (non-hydrogen) atoms. The third-order valence-electron chi connectivity index (χ3n) is 3.34. The van der Waals surface area contributed by atoms with Crippen LogP contribution in [0.15, 0.2) is 48.6 Å². The van der Waals surface area contributed by atoms with Crippen LogP contribution in [0.4, 0.5) is 0 Å². The molecule has 0 aliphatic rings. The molecule has 0 unspecified atom stereocenters. The Morgan fingerprint density at radius 2 is 1.29 bits per heavy atom. The van der Waals surface area contributed by atoms with Crippen molar-refractivity contribution >= 4 is 17.9 Å². The zero-order valence-electron chi connectivity index (χ0n) is 16.3. The standard InChI is InChI=1S/C21H26O7/c1-15(2)19(22)26-12-7-11-25-18-10-6-5-9-17(18)21(24)28-14-8-13-27-20(23)16(3)4/h5-6,9-10H,1,3,7-8,11-14H2,2,4H3. The second kappa shape index (κ2) is 12.3. The molecule has 0 radical (unpaired) electrons. The van der Waals surface area contributed by atoms with Gasteiger partial charge in [-0.3, -0.25) is 0 Å². The van der Waals surface area contributed by atoms with Crippen molar-refractivity contribution in [3.63, 3.8) is 0 Å². The molecule has 0 spiro atoms. The minimum atomic E-state index is -0.532. The maximum atomic E-state index is 12.2. The van der Waals surface area contributed by atoms with E-state index in [1.807, 2.05) is 0 Å². The van der Waals surface area contributed by atoms with Crippen LogP contribution in [0.2, 0.25) is 0 Å². The second-order valence-corrected chi connectivity index (χ2v) is 6.02. The summed E-state index contributed by atoms with van der Waals surface area (Å²) in [5, 5.41) is 0. The van der Waals surface area contributed by atoms with E-state index in [1.165, 1.54) is 0 Å². The number of rotatable bonds is 12. The molecule has 1 aromatic rings. The largest absolute Gasteiger partial charge is 0.493 e. The molecular weight excluding hydrogens is 364 g/mol. The Morgan fingerprint density at radius 1 is 0.786 bits per heavy atom. The van der Waals surface area contributed by atoms with Gasteiger partial charge in [-0.15, -0.1) is 0 Å². The summed E-state index contributed by atoms with van der Waals surface area (Å²) in [5.74, 6) is -1.07. The van der Waals surface area contributed by atoms with E-state index in [0.717, 1.165) is 0 Å². The highest BCUT2D eigenvalue weighted by atomic mass is 16.6. The molecule has 152 valence electrons. The van der Waals surface area contributed by atoms with Crippen LogP contribution in [0, 0.1) is 0 Å². The lowest BCUT2D eigenvalue weighted by atomic mass is 10.2. The average Bonchev–Trinajstić information content (AvgIpc) is 2.67. The van der Waals surface area contributed by atoms with E-state index in [0.29, 0.717) is 35.3 Å². The minimum Gasteiger partial charge on any atom is -0.493 e. The van der Waals surface area contributed by atoms with Crippen LogP contribution in [-0.4, -0.2) is 44.3 Å². The normalized spacial score (nSPS) is 9.93. The summed E-state index contributed by atoms with van der Waals surface area (Å²) in [6.45, 7) is 10.8. The number of ether oxygens (including phenoxy) is 4. The number of carbonyl (C=O) groups excluding carboxylic acids is 3. The van der Waals surface area contributed by atoms with Gasteiger partial charge >= 0.3 is 17.9 Å². The molecule has 0 N–H and O–H groups in total. The van der Waals surface area contributed by atoms with Crippen molar-refractivity contribution in [2.45, 2.75) is 26.7 Å². The number of carbonyl (C=O) groups is 3. The molecule has 1 rings (SSSR count). The zero-order chi connectivity index (χ0) is 20.9. The van der Waals surface area contributed by atoms with Gasteiger partial charge in [-0.2, -0.15) is 0 Å². The van der Waals surface area contributed by atoms with Gasteiger partial charge in [-0.05, 0) is 26.0 Å². The highest BCUT2D eigenvalue weighted by molar-refractivity contribution is 5.92. The summed E-state index contributed by atoms with van der Waals surface area (Å²) in [5.41, 5.74) is 0.946. The van der Waals surface area contributed by atoms with Gasteiger partial charge in [0.15, 0.2) is 0 Å². The first kappa shape index (κ1) is 23.0. The van der Waals surface area contributed by atoms with Gasteiger partial charge in [-0.1, -0.05) is 25.3 Å². The first-order valence-corrected chi connectivity index (χ1v) is 8.87. The first-order chi connectivity index (χ1) is 13.3. The number of esters is 3. The molecule has 1 aromatic carbocycles. The molecule has 7 nitrogen and oxygen atoms in total. The predicted molar refractivity (Wildman–Crippen MR) is 103 cm³/mol. The molecule has 0 amide bonds. The summed E-state index contributed by atoms with van der Waals surface area (Å²) >= 11 is 0. The zero-order valence-corrected chi connectivity index (χ0v) is 16.3. The third kappa shape index (κ3) is 8.53. The number of hydrogen-bond donors (Lipinski definition) is 0. The van der Waals surface area contributed by atoms with Gasteiger partial charge in [-0.25, -0.2) is 14.4 Å². The van der Waals surface area contributed by atoms with E-state index in [1.54, 1.807) is 38.1 Å². The van der Waals surface area contributed by atoms with Crippen molar-refractivity contribution in [3.05, 3.63) is 54.1 Å². The molecule has 0 bridgehead atoms. The van der Waals surface area contributed by atoms with Crippen molar-refractivity contribution in [1.29, 1.82) is 0 Å². The number of hydrogen-bond acceptors (Lipinski definition) is 7. The van der Waals surface area contributed by atoms with Gasteiger partial charge in [0.05, 0.1) is 26.4 Å². The second-order valence-electron chi connectivity index (χ2n) is 6.02. The Bertz CT molecular complexity index is 721. The van der Waals surface area contributed by atoms with Crippen LogP contribution < -0.4 is 4.74 Å². The Balaban J connectivity index is 2.38. The first-order valence-electron chi connectivity index (χ1n) is 8.87. The predicted octanol–water partition coefficient (Wildman–Crippen LogP) is 3.24. The molecule has 0 saturated heterocycles. The molecular formula is C21H26O7. The van der Waals surface area contributed by atoms with Crippen LogP contribution in [0.1, 0.15) is 37.0 Å². The SMILES string of the molecule is C=C(C)C(=O)OCCCOC(=O)c1ccccc1OCCCOC(=O)C(=C)C. The number of benzene rings is 1. The summed E-state index contributed by atoms with van der Waals surface area (Å²) in [6, 6.07) is 6.70. The van der Waals surface area contributed by atoms with Crippen molar-refractivity contribution in [2.24, 2.45) is 0 Å². The summed E-state index contributed by atoms with van der Waals surface area (Å²) in [4.78, 5) is 34.7. The molecule has 0 atom stereocenters. The highest BCUT2D eigenvalue weighted by Gasteiger charge is 2.14. The molecule has 0 saturated carbocycles. The van der Waals surface area contributed by atoms with E-state index < -0.39 is 17.9 Å². The van der Waals surface area contributed by atoms with Crippen LogP contribution in [-0.2, 0) is 23.8 Å². The van der Waals surface area contributed by atoms with Crippen LogP contribution in [0.3, 0.4) is 0 Å². The molecule has 0 aliphatic carbocycles. The fourth-order valence-electron chi connectivity index (χ4n) is 1.88. The fourth-order valence-corrected chi connectivity index (χ4v) is 1.88. The Hall–Kier alpha value is -3.09. The average molecular weight is 390 g/mol. The molecule has 0 fully saturated rings. The number of para-hydroxylation sites is 1. The van der Waals surface area contributed by atoms with Crippen LogP contribution >= 0.6 is 0 Å². The van der Waals surface area contributed by atoms with Gasteiger partial charge in [0, 0.05) is 24.0 Å². The van der Waals surface area contributed by atoms with Gasteiger partial charge in [0.2, 0.25) is 0 Å². The maximum Gasteiger partial charge on any atom is 0.341 e. The monoisotopic (exact) mass is 390 g/mol. The highest BCUT2D eigenvalue weighted by Crippen LogP contribution is 2.19. The Morgan fingerprint density at radius 3 is 1.86 bits per heavy atom.